The van der Waals surface area contributed by atoms with Gasteiger partial charge in [-0.2, -0.15) is 9.40 Å². The smallest absolute Gasteiger partial charge is 0.259 e. The van der Waals surface area contributed by atoms with Gasteiger partial charge >= 0.3 is 0 Å². The van der Waals surface area contributed by atoms with Gasteiger partial charge in [-0.15, -0.1) is 0 Å². The van der Waals surface area contributed by atoms with E-state index in [1.165, 1.54) is 33.4 Å². The second kappa shape index (κ2) is 8.00. The highest BCUT2D eigenvalue weighted by Crippen LogP contribution is 2.23. The van der Waals surface area contributed by atoms with Crippen LogP contribution in [0.3, 0.4) is 0 Å². The van der Waals surface area contributed by atoms with Crippen molar-refractivity contribution in [3.63, 3.8) is 0 Å². The molecule has 0 saturated carbocycles. The van der Waals surface area contributed by atoms with E-state index in [0.717, 1.165) is 12.8 Å². The van der Waals surface area contributed by atoms with Gasteiger partial charge in [0.05, 0.1) is 22.3 Å². The fourth-order valence-electron chi connectivity index (χ4n) is 3.49. The molecule has 30 heavy (non-hydrogen) atoms. The number of para-hydroxylation sites is 1. The number of benzene rings is 2. The molecule has 3 aromatic rings. The zero-order valence-electron chi connectivity index (χ0n) is 16.4. The van der Waals surface area contributed by atoms with Crippen molar-refractivity contribution in [3.8, 4) is 5.69 Å². The normalized spacial score (nSPS) is 14.7. The minimum Gasteiger partial charge on any atom is -0.322 e. The summed E-state index contributed by atoms with van der Waals surface area (Å²) >= 11 is 0. The zero-order valence-corrected chi connectivity index (χ0v) is 17.2. The molecule has 1 amide bonds. The third-order valence-corrected chi connectivity index (χ3v) is 7.06. The van der Waals surface area contributed by atoms with Crippen LogP contribution in [0.15, 0.2) is 59.6 Å². The summed E-state index contributed by atoms with van der Waals surface area (Å²) in [4.78, 5) is 12.9. The number of nitrogens with one attached hydrogen (secondary N) is 1. The molecule has 2 aromatic carbocycles. The van der Waals surface area contributed by atoms with Gasteiger partial charge < -0.3 is 5.32 Å². The number of anilines is 1. The van der Waals surface area contributed by atoms with Crippen LogP contribution in [-0.4, -0.2) is 41.5 Å². The zero-order chi connectivity index (χ0) is 21.3. The molecule has 1 fully saturated rings. The molecular formula is C21H21FN4O3S. The fraction of sp³-hybridized carbons (Fsp3) is 0.238. The first-order valence-corrected chi connectivity index (χ1v) is 11.0. The second-order valence-electron chi connectivity index (χ2n) is 7.10. The molecule has 0 atom stereocenters. The van der Waals surface area contributed by atoms with Crippen LogP contribution in [0, 0.1) is 12.7 Å². The molecule has 1 aliphatic rings. The van der Waals surface area contributed by atoms with E-state index >= 15 is 0 Å². The summed E-state index contributed by atoms with van der Waals surface area (Å²) in [5.41, 5.74) is 1.50. The van der Waals surface area contributed by atoms with Crippen molar-refractivity contribution in [2.75, 3.05) is 18.4 Å². The second-order valence-corrected chi connectivity index (χ2v) is 9.03. The molecule has 1 saturated heterocycles. The van der Waals surface area contributed by atoms with Crippen molar-refractivity contribution < 1.29 is 17.6 Å². The highest BCUT2D eigenvalue weighted by atomic mass is 32.2. The van der Waals surface area contributed by atoms with Crippen LogP contribution in [0.25, 0.3) is 5.69 Å². The highest BCUT2D eigenvalue weighted by Gasteiger charge is 2.27. The largest absolute Gasteiger partial charge is 0.322 e. The molecule has 0 bridgehead atoms. The lowest BCUT2D eigenvalue weighted by Crippen LogP contribution is -2.27. The number of aromatic nitrogens is 2. The third-order valence-electron chi connectivity index (χ3n) is 5.15. The quantitative estimate of drug-likeness (QED) is 0.675. The number of halogens is 1. The van der Waals surface area contributed by atoms with Gasteiger partial charge in [-0.25, -0.2) is 17.5 Å². The molecule has 7 nitrogen and oxygen atoms in total. The van der Waals surface area contributed by atoms with Crippen molar-refractivity contribution in [2.24, 2.45) is 0 Å². The molecule has 9 heteroatoms. The van der Waals surface area contributed by atoms with Gasteiger partial charge in [-0.05, 0) is 56.2 Å². The fourth-order valence-corrected chi connectivity index (χ4v) is 5.00. The highest BCUT2D eigenvalue weighted by molar-refractivity contribution is 7.89. The predicted molar refractivity (Wildman–Crippen MR) is 111 cm³/mol. The van der Waals surface area contributed by atoms with Crippen molar-refractivity contribution in [2.45, 2.75) is 24.7 Å². The number of carbonyl (C=O) groups is 1. The number of carbonyl (C=O) groups excluding carboxylic acids is 1. The van der Waals surface area contributed by atoms with Gasteiger partial charge in [0.1, 0.15) is 11.5 Å². The summed E-state index contributed by atoms with van der Waals surface area (Å²) in [5, 5.41) is 6.86. The van der Waals surface area contributed by atoms with Crippen LogP contribution >= 0.6 is 0 Å². The van der Waals surface area contributed by atoms with Gasteiger partial charge in [-0.3, -0.25) is 4.79 Å². The topological polar surface area (TPSA) is 84.3 Å². The van der Waals surface area contributed by atoms with Gasteiger partial charge in [0.25, 0.3) is 5.91 Å². The van der Waals surface area contributed by atoms with Crippen LogP contribution in [0.4, 0.5) is 10.1 Å². The molecular weight excluding hydrogens is 407 g/mol. The van der Waals surface area contributed by atoms with E-state index < -0.39 is 21.7 Å². The minimum absolute atomic E-state index is 0.200. The molecule has 4 rings (SSSR count). The number of amides is 1. The van der Waals surface area contributed by atoms with Crippen LogP contribution < -0.4 is 5.32 Å². The number of sulfonamides is 1. The van der Waals surface area contributed by atoms with Crippen molar-refractivity contribution in [1.29, 1.82) is 0 Å². The lowest BCUT2D eigenvalue weighted by Gasteiger charge is -2.15. The Morgan fingerprint density at radius 3 is 2.40 bits per heavy atom. The van der Waals surface area contributed by atoms with Crippen LogP contribution in [0.2, 0.25) is 0 Å². The van der Waals surface area contributed by atoms with Gasteiger partial charge in [0.2, 0.25) is 10.0 Å². The summed E-state index contributed by atoms with van der Waals surface area (Å²) < 4.78 is 42.1. The number of nitrogens with zero attached hydrogens (tertiary/aromatic N) is 3. The molecule has 1 aliphatic heterocycles. The first kappa shape index (κ1) is 20.2. The Labute approximate surface area is 174 Å². The Balaban J connectivity index is 1.52. The molecule has 0 spiro atoms. The molecule has 156 valence electrons. The maximum atomic E-state index is 14.0. The van der Waals surface area contributed by atoms with E-state index in [2.05, 4.69) is 10.4 Å². The van der Waals surface area contributed by atoms with Crippen molar-refractivity contribution >= 4 is 21.6 Å². The molecule has 0 aliphatic carbocycles. The molecule has 1 aromatic heterocycles. The lowest BCUT2D eigenvalue weighted by atomic mass is 10.2. The molecule has 2 heterocycles. The summed E-state index contributed by atoms with van der Waals surface area (Å²) in [6.07, 6.45) is 3.11. The van der Waals surface area contributed by atoms with Crippen LogP contribution in [0.5, 0.6) is 0 Å². The van der Waals surface area contributed by atoms with E-state index in [9.17, 15) is 17.6 Å². The molecule has 1 N–H and O–H groups in total. The standard InChI is InChI=1S/C21H21FN4O3S/c1-15-18(14-23-26(15)20-7-3-2-6-19(20)22)21(27)24-16-8-10-17(11-9-16)30(28,29)25-12-4-5-13-25/h2-3,6-11,14H,4-5,12-13H2,1H3,(H,24,27). The minimum atomic E-state index is -3.50. The third kappa shape index (κ3) is 3.73. The van der Waals surface area contributed by atoms with E-state index in [4.69, 9.17) is 0 Å². The summed E-state index contributed by atoms with van der Waals surface area (Å²) in [5.74, 6) is -0.851. The number of hydrogen-bond acceptors (Lipinski definition) is 4. The lowest BCUT2D eigenvalue weighted by molar-refractivity contribution is 0.102. The average molecular weight is 428 g/mol. The van der Waals surface area contributed by atoms with E-state index in [0.29, 0.717) is 30.0 Å². The van der Waals surface area contributed by atoms with E-state index in [1.807, 2.05) is 0 Å². The Bertz CT molecular complexity index is 1180. The van der Waals surface area contributed by atoms with Gasteiger partial charge in [0.15, 0.2) is 0 Å². The van der Waals surface area contributed by atoms with E-state index in [-0.39, 0.29) is 10.6 Å². The first-order chi connectivity index (χ1) is 14.4. The predicted octanol–water partition coefficient (Wildman–Crippen LogP) is 3.36. The average Bonchev–Trinajstić information content (AvgIpc) is 3.39. The maximum Gasteiger partial charge on any atom is 0.259 e. The Morgan fingerprint density at radius 1 is 1.07 bits per heavy atom. The SMILES string of the molecule is Cc1c(C(=O)Nc2ccc(S(=O)(=O)N3CCCC3)cc2)cnn1-c1ccccc1F. The Hall–Kier alpha value is -3.04. The Kier molecular flexibility index (Phi) is 5.40. The molecule has 0 unspecified atom stereocenters. The molecule has 0 radical (unpaired) electrons. The van der Waals surface area contributed by atoms with Gasteiger partial charge in [-0.1, -0.05) is 12.1 Å². The van der Waals surface area contributed by atoms with Crippen LogP contribution in [-0.2, 0) is 10.0 Å². The van der Waals surface area contributed by atoms with Crippen molar-refractivity contribution in [3.05, 3.63) is 71.8 Å². The van der Waals surface area contributed by atoms with Crippen molar-refractivity contribution in [1.82, 2.24) is 14.1 Å². The maximum absolute atomic E-state index is 14.0. The summed E-state index contributed by atoms with van der Waals surface area (Å²) in [6, 6.07) is 12.3. The monoisotopic (exact) mass is 428 g/mol. The number of rotatable bonds is 5. The van der Waals surface area contributed by atoms with E-state index in [1.54, 1.807) is 37.3 Å². The first-order valence-electron chi connectivity index (χ1n) is 9.59. The summed E-state index contributed by atoms with van der Waals surface area (Å²) in [7, 11) is -3.50. The van der Waals surface area contributed by atoms with Gasteiger partial charge in [0, 0.05) is 18.8 Å². The Morgan fingerprint density at radius 2 is 1.73 bits per heavy atom. The van der Waals surface area contributed by atoms with Crippen LogP contribution in [0.1, 0.15) is 28.9 Å². The summed E-state index contributed by atoms with van der Waals surface area (Å²) in [6.45, 7) is 2.75. The number of hydrogen-bond donors (Lipinski definition) is 1.